The summed E-state index contributed by atoms with van der Waals surface area (Å²) in [5, 5.41) is 13.0. The third kappa shape index (κ3) is 4.56. The molecule has 19 heavy (non-hydrogen) atoms. The lowest BCUT2D eigenvalue weighted by Crippen LogP contribution is -2.41. The first-order valence-electron chi connectivity index (χ1n) is 6.85. The first kappa shape index (κ1) is 15.0. The molecule has 0 aromatic heterocycles. The van der Waals surface area contributed by atoms with Gasteiger partial charge >= 0.3 is 0 Å². The van der Waals surface area contributed by atoms with Gasteiger partial charge in [-0.15, -0.1) is 0 Å². The second-order valence-corrected chi connectivity index (χ2v) is 6.19. The SMILES string of the molecule is COCC(O)CCNC1CC(c2cccc(Br)c2)C1. The molecule has 0 spiro atoms. The molecule has 0 radical (unpaired) electrons. The van der Waals surface area contributed by atoms with Crippen molar-refractivity contribution in [1.82, 2.24) is 5.32 Å². The third-order valence-corrected chi connectivity index (χ3v) is 4.22. The zero-order chi connectivity index (χ0) is 13.7. The lowest BCUT2D eigenvalue weighted by atomic mass is 9.76. The number of halogens is 1. The van der Waals surface area contributed by atoms with Crippen LogP contribution in [-0.4, -0.2) is 37.5 Å². The highest BCUT2D eigenvalue weighted by Crippen LogP contribution is 2.37. The number of rotatable bonds is 7. The average molecular weight is 328 g/mol. The smallest absolute Gasteiger partial charge is 0.0785 e. The molecule has 1 unspecified atom stereocenters. The minimum atomic E-state index is -0.349. The molecule has 1 aromatic carbocycles. The molecule has 1 aromatic rings. The van der Waals surface area contributed by atoms with Crippen LogP contribution in [0.4, 0.5) is 0 Å². The van der Waals surface area contributed by atoms with Crippen LogP contribution in [0.5, 0.6) is 0 Å². The molecule has 1 aliphatic rings. The lowest BCUT2D eigenvalue weighted by molar-refractivity contribution is 0.0582. The minimum absolute atomic E-state index is 0.349. The van der Waals surface area contributed by atoms with E-state index in [9.17, 15) is 5.11 Å². The Labute approximate surface area is 123 Å². The van der Waals surface area contributed by atoms with E-state index in [4.69, 9.17) is 4.74 Å². The largest absolute Gasteiger partial charge is 0.391 e. The Balaban J connectivity index is 1.64. The van der Waals surface area contributed by atoms with Crippen molar-refractivity contribution in [2.75, 3.05) is 20.3 Å². The van der Waals surface area contributed by atoms with Gasteiger partial charge in [0.2, 0.25) is 0 Å². The summed E-state index contributed by atoms with van der Waals surface area (Å²) in [6, 6.07) is 9.17. The van der Waals surface area contributed by atoms with Crippen molar-refractivity contribution in [3.05, 3.63) is 34.3 Å². The minimum Gasteiger partial charge on any atom is -0.391 e. The van der Waals surface area contributed by atoms with Crippen molar-refractivity contribution in [2.45, 2.75) is 37.3 Å². The van der Waals surface area contributed by atoms with Gasteiger partial charge in [-0.25, -0.2) is 0 Å². The van der Waals surface area contributed by atoms with E-state index in [-0.39, 0.29) is 6.10 Å². The van der Waals surface area contributed by atoms with E-state index in [2.05, 4.69) is 45.5 Å². The van der Waals surface area contributed by atoms with Crippen molar-refractivity contribution < 1.29 is 9.84 Å². The van der Waals surface area contributed by atoms with Gasteiger partial charge in [0.05, 0.1) is 12.7 Å². The lowest BCUT2D eigenvalue weighted by Gasteiger charge is -2.36. The summed E-state index contributed by atoms with van der Waals surface area (Å²) in [6.07, 6.45) is 2.79. The number of methoxy groups -OCH3 is 1. The molecule has 106 valence electrons. The quantitative estimate of drug-likeness (QED) is 0.809. The monoisotopic (exact) mass is 327 g/mol. The number of hydrogen-bond acceptors (Lipinski definition) is 3. The van der Waals surface area contributed by atoms with Crippen LogP contribution >= 0.6 is 15.9 Å². The van der Waals surface area contributed by atoms with Crippen molar-refractivity contribution in [3.63, 3.8) is 0 Å². The molecule has 1 saturated carbocycles. The van der Waals surface area contributed by atoms with Gasteiger partial charge in [0.15, 0.2) is 0 Å². The van der Waals surface area contributed by atoms with Gasteiger partial charge in [0.25, 0.3) is 0 Å². The van der Waals surface area contributed by atoms with Gasteiger partial charge in [0.1, 0.15) is 0 Å². The van der Waals surface area contributed by atoms with Crippen LogP contribution in [0, 0.1) is 0 Å². The zero-order valence-corrected chi connectivity index (χ0v) is 12.9. The number of ether oxygens (including phenoxy) is 1. The maximum absolute atomic E-state index is 9.54. The fourth-order valence-electron chi connectivity index (χ4n) is 2.55. The first-order chi connectivity index (χ1) is 9.19. The third-order valence-electron chi connectivity index (χ3n) is 3.73. The van der Waals surface area contributed by atoms with Crippen LogP contribution in [-0.2, 0) is 4.74 Å². The Morgan fingerprint density at radius 1 is 1.47 bits per heavy atom. The van der Waals surface area contributed by atoms with Crippen molar-refractivity contribution in [2.24, 2.45) is 0 Å². The molecule has 0 saturated heterocycles. The van der Waals surface area contributed by atoms with Crippen LogP contribution in [0.3, 0.4) is 0 Å². The van der Waals surface area contributed by atoms with Gasteiger partial charge in [-0.3, -0.25) is 0 Å². The molecule has 0 bridgehead atoms. The second kappa shape index (κ2) is 7.39. The Morgan fingerprint density at radius 3 is 2.95 bits per heavy atom. The molecule has 3 nitrogen and oxygen atoms in total. The average Bonchev–Trinajstić information content (AvgIpc) is 2.32. The number of nitrogens with one attached hydrogen (secondary N) is 1. The normalized spacial score (nSPS) is 23.9. The molecule has 2 rings (SSSR count). The summed E-state index contributed by atoms with van der Waals surface area (Å²) in [4.78, 5) is 0. The van der Waals surface area contributed by atoms with Crippen molar-refractivity contribution in [3.8, 4) is 0 Å². The number of aliphatic hydroxyl groups is 1. The van der Waals surface area contributed by atoms with Gasteiger partial charge < -0.3 is 15.2 Å². The molecule has 2 N–H and O–H groups in total. The van der Waals surface area contributed by atoms with Gasteiger partial charge in [-0.1, -0.05) is 28.1 Å². The summed E-state index contributed by atoms with van der Waals surface area (Å²) in [7, 11) is 1.62. The van der Waals surface area contributed by atoms with E-state index in [1.54, 1.807) is 7.11 Å². The summed E-state index contributed by atoms with van der Waals surface area (Å²) < 4.78 is 6.06. The maximum atomic E-state index is 9.54. The first-order valence-corrected chi connectivity index (χ1v) is 7.64. The molecule has 0 aliphatic heterocycles. The molecule has 0 heterocycles. The van der Waals surface area contributed by atoms with Gasteiger partial charge in [-0.05, 0) is 49.4 Å². The Morgan fingerprint density at radius 2 is 2.26 bits per heavy atom. The van der Waals surface area contributed by atoms with Gasteiger partial charge in [0, 0.05) is 17.6 Å². The summed E-state index contributed by atoms with van der Waals surface area (Å²) >= 11 is 3.52. The van der Waals surface area contributed by atoms with Crippen LogP contribution in [0.25, 0.3) is 0 Å². The summed E-state index contributed by atoms with van der Waals surface area (Å²) in [5.41, 5.74) is 1.42. The van der Waals surface area contributed by atoms with Crippen LogP contribution in [0.1, 0.15) is 30.7 Å². The highest BCUT2D eigenvalue weighted by molar-refractivity contribution is 9.10. The topological polar surface area (TPSA) is 41.5 Å². The molecule has 4 heteroatoms. The van der Waals surface area contributed by atoms with Crippen LogP contribution in [0.2, 0.25) is 0 Å². The summed E-state index contributed by atoms with van der Waals surface area (Å²) in [5.74, 6) is 0.680. The predicted octanol–water partition coefficient (Wildman–Crippen LogP) is 2.68. The van der Waals surface area contributed by atoms with E-state index in [1.807, 2.05) is 0 Å². The number of benzene rings is 1. The molecule has 1 aliphatic carbocycles. The van der Waals surface area contributed by atoms with Crippen molar-refractivity contribution in [1.29, 1.82) is 0 Å². The number of aliphatic hydroxyl groups excluding tert-OH is 1. The van der Waals surface area contributed by atoms with E-state index in [0.717, 1.165) is 17.4 Å². The fraction of sp³-hybridized carbons (Fsp3) is 0.600. The van der Waals surface area contributed by atoms with E-state index >= 15 is 0 Å². The fourth-order valence-corrected chi connectivity index (χ4v) is 2.96. The Bertz CT molecular complexity index is 393. The number of hydrogen-bond donors (Lipinski definition) is 2. The highest BCUT2D eigenvalue weighted by Gasteiger charge is 2.29. The van der Waals surface area contributed by atoms with E-state index < -0.39 is 0 Å². The maximum Gasteiger partial charge on any atom is 0.0785 e. The van der Waals surface area contributed by atoms with Gasteiger partial charge in [-0.2, -0.15) is 0 Å². The molecule has 1 fully saturated rings. The predicted molar refractivity (Wildman–Crippen MR) is 80.4 cm³/mol. The van der Waals surface area contributed by atoms with E-state index in [0.29, 0.717) is 18.6 Å². The zero-order valence-electron chi connectivity index (χ0n) is 11.3. The summed E-state index contributed by atoms with van der Waals surface area (Å²) in [6.45, 7) is 1.29. The molecular weight excluding hydrogens is 306 g/mol. The van der Waals surface area contributed by atoms with E-state index in [1.165, 1.54) is 18.4 Å². The molecule has 1 atom stereocenters. The standard InChI is InChI=1S/C15H22BrNO2/c1-19-10-15(18)5-6-17-14-8-12(9-14)11-3-2-4-13(16)7-11/h2-4,7,12,14-15,17-18H,5-6,8-10H2,1H3. The van der Waals surface area contributed by atoms with Crippen LogP contribution in [0.15, 0.2) is 28.7 Å². The molecule has 0 amide bonds. The Hall–Kier alpha value is -0.420. The highest BCUT2D eigenvalue weighted by atomic mass is 79.9. The Kier molecular flexibility index (Phi) is 5.82. The second-order valence-electron chi connectivity index (χ2n) is 5.27. The van der Waals surface area contributed by atoms with Crippen molar-refractivity contribution >= 4 is 15.9 Å². The molecular formula is C15H22BrNO2. The van der Waals surface area contributed by atoms with Crippen LogP contribution < -0.4 is 5.32 Å².